The number of ketones is 1. The molecule has 0 aliphatic carbocycles. The molecule has 0 amide bonds. The van der Waals surface area contributed by atoms with E-state index in [0.29, 0.717) is 12.2 Å². The minimum atomic E-state index is -6.13. The highest BCUT2D eigenvalue weighted by Gasteiger charge is 2.47. The lowest BCUT2D eigenvalue weighted by molar-refractivity contribution is -0.690. The van der Waals surface area contributed by atoms with Crippen molar-refractivity contribution in [2.75, 3.05) is 0 Å². The number of Topliss-reactive ketones (excluding diaryl/α,β-unsaturated/α-hetero) is 1. The van der Waals surface area contributed by atoms with Gasteiger partial charge >= 0.3 is 49.4 Å². The third-order valence-corrected chi connectivity index (χ3v) is 11.3. The molecule has 0 saturated carbocycles. The summed E-state index contributed by atoms with van der Waals surface area (Å²) in [6.45, 7) is 4.50. The van der Waals surface area contributed by atoms with Gasteiger partial charge in [-0.25, -0.2) is 0 Å². The van der Waals surface area contributed by atoms with Crippen molar-refractivity contribution in [3.63, 3.8) is 0 Å². The van der Waals surface area contributed by atoms with Crippen LogP contribution in [0.15, 0.2) is 122 Å². The first kappa shape index (κ1) is 59.1. The lowest BCUT2D eigenvalue weighted by Crippen LogP contribution is -2.75. The van der Waals surface area contributed by atoms with Crippen LogP contribution in [0.2, 0.25) is 0 Å². The molecular weight excluding hydrogens is 1080 g/mol. The molecule has 0 spiro atoms. The van der Waals surface area contributed by atoms with E-state index in [4.69, 9.17) is 0 Å². The smallest absolute Gasteiger partial charge is 0.287 e. The first-order valence-corrected chi connectivity index (χ1v) is 20.7. The average molecular weight is 1100 g/mol. The van der Waals surface area contributed by atoms with E-state index in [1.807, 2.05) is 42.8 Å². The van der Waals surface area contributed by atoms with E-state index >= 15 is 0 Å². The zero-order valence-electron chi connectivity index (χ0n) is 37.3. The van der Waals surface area contributed by atoms with Crippen LogP contribution in [0.1, 0.15) is 74.4 Å². The van der Waals surface area contributed by atoms with Crippen molar-refractivity contribution in [3.05, 3.63) is 177 Å². The predicted molar refractivity (Wildman–Crippen MR) is 219 cm³/mol. The Morgan fingerprint density at radius 1 is 0.427 bits per heavy atom. The molecule has 3 nitrogen and oxygen atoms in total. The fourth-order valence-electron chi connectivity index (χ4n) is 7.88. The summed E-state index contributed by atoms with van der Waals surface area (Å²) in [4.78, 5) is 16.1. The Bertz CT molecular complexity index is 2580. The molecule has 0 bridgehead atoms. The Morgan fingerprint density at radius 2 is 0.680 bits per heavy atom. The number of hydrogen-bond acceptors (Lipinski definition) is 2. The summed E-state index contributed by atoms with van der Waals surface area (Å²) >= 11 is 0. The summed E-state index contributed by atoms with van der Waals surface area (Å²) in [5.41, 5.74) is -28.4. The summed E-state index contributed by atoms with van der Waals surface area (Å²) in [5.74, 6) is 0.107. The van der Waals surface area contributed by atoms with Gasteiger partial charge in [0.15, 0.2) is 12.7 Å². The second kappa shape index (κ2) is 20.4. The van der Waals surface area contributed by atoms with Gasteiger partial charge in [-0.15, -0.1) is 0 Å². The maximum atomic E-state index is 14.2. The minimum Gasteiger partial charge on any atom is -0.287 e. The predicted octanol–water partition coefficient (Wildman–Crippen LogP) is 13.5. The monoisotopic (exact) mass is 1100 g/mol. The van der Waals surface area contributed by atoms with Gasteiger partial charge in [0, 0.05) is 11.5 Å². The Hall–Kier alpha value is -6.77. The Labute approximate surface area is 406 Å². The zero-order chi connectivity index (χ0) is 56.9. The van der Waals surface area contributed by atoms with Gasteiger partial charge in [-0.3, -0.25) is 9.78 Å². The molecule has 0 atom stereocenters. The molecule has 0 aliphatic rings. The van der Waals surface area contributed by atoms with E-state index < -0.39 is 195 Å². The summed E-state index contributed by atoms with van der Waals surface area (Å²) in [6.07, 6.45) is -49.6. The molecule has 75 heavy (non-hydrogen) atoms. The number of carbonyl (C=O) groups excluding carboxylic acids is 1. The number of nitrogens with zero attached hydrogens (tertiary/aromatic N) is 2. The van der Waals surface area contributed by atoms with Crippen LogP contribution in [0.25, 0.3) is 0 Å². The van der Waals surface area contributed by atoms with Gasteiger partial charge in [-0.05, 0) is 24.3 Å². The highest BCUT2D eigenvalue weighted by Crippen LogP contribution is 2.41. The van der Waals surface area contributed by atoms with Crippen molar-refractivity contribution in [1.82, 2.24) is 4.98 Å². The number of rotatable bonds is 8. The van der Waals surface area contributed by atoms with Crippen LogP contribution in [0.4, 0.5) is 105 Å². The number of aromatic nitrogens is 2. The van der Waals surface area contributed by atoms with Crippen LogP contribution in [-0.4, -0.2) is 16.9 Å². The van der Waals surface area contributed by atoms with Crippen molar-refractivity contribution in [1.29, 1.82) is 0 Å². The number of alkyl halides is 24. The molecule has 28 heteroatoms. The number of halogens is 24. The fourth-order valence-corrected chi connectivity index (χ4v) is 7.88. The molecule has 6 rings (SSSR count). The summed E-state index contributed by atoms with van der Waals surface area (Å²) in [6, 6.07) is 1.28. The summed E-state index contributed by atoms with van der Waals surface area (Å²) in [7, 11) is 0. The van der Waals surface area contributed by atoms with Crippen LogP contribution in [0.3, 0.4) is 0 Å². The van der Waals surface area contributed by atoms with Crippen molar-refractivity contribution in [2.24, 2.45) is 5.92 Å². The molecule has 404 valence electrons. The van der Waals surface area contributed by atoms with Crippen LogP contribution in [0, 0.1) is 5.92 Å². The SMILES string of the molecule is CC(C)C(=O)c1cncc[n+]1Cc1ccccc1.FC(F)(F)c1cc([B-](c2cc(C(F)(F)F)cc(C(F)(F)F)c2)(c2cc(C(F)(F)F)cc(C(F)(F)F)c2)c2cc(C(F)(F)F)cc(C(F)(F)F)c2)cc(C(F)(F)F)c1. The van der Waals surface area contributed by atoms with Crippen molar-refractivity contribution in [3.8, 4) is 0 Å². The maximum Gasteiger partial charge on any atom is 0.416 e. The third kappa shape index (κ3) is 13.8. The highest BCUT2D eigenvalue weighted by molar-refractivity contribution is 7.20. The molecule has 0 radical (unpaired) electrons. The van der Waals surface area contributed by atoms with Crippen LogP contribution in [0.5, 0.6) is 0 Å². The largest absolute Gasteiger partial charge is 0.416 e. The Balaban J connectivity index is 0.000000483. The molecule has 0 fully saturated rings. The van der Waals surface area contributed by atoms with Gasteiger partial charge in [0.25, 0.3) is 5.69 Å². The molecule has 6 aromatic rings. The van der Waals surface area contributed by atoms with E-state index in [9.17, 15) is 110 Å². The standard InChI is InChI=1S/C32H12BF24.C15H17N2O/c34-25(35,36)13-1-14(26(37,38)39)6-21(5-13)33(22-7-15(27(40,41)42)2-16(8-22)28(43,44)45,23-9-17(29(46,47)48)3-18(10-23)30(49,50)51)24-11-19(31(52,53)54)4-20(12-24)32(55,56)57;1-12(2)15(18)14-10-16-8-9-17(14)11-13-6-4-3-5-7-13/h1-12H;3-10,12H,11H2,1-2H3/q-1;+1. The molecular formula is C47H29BF24N2O. The second-order valence-electron chi connectivity index (χ2n) is 16.8. The lowest BCUT2D eigenvalue weighted by Gasteiger charge is -2.46. The van der Waals surface area contributed by atoms with Crippen LogP contribution >= 0.6 is 0 Å². The summed E-state index contributed by atoms with van der Waals surface area (Å²) < 4.78 is 343. The van der Waals surface area contributed by atoms with Gasteiger partial charge in [0.1, 0.15) is 12.3 Å². The molecule has 0 unspecified atom stereocenters. The Morgan fingerprint density at radius 3 is 0.907 bits per heavy atom. The molecule has 5 aromatic carbocycles. The van der Waals surface area contributed by atoms with Crippen molar-refractivity contribution >= 4 is 33.8 Å². The average Bonchev–Trinajstić information content (AvgIpc) is 3.27. The first-order valence-electron chi connectivity index (χ1n) is 20.7. The molecule has 0 aliphatic heterocycles. The number of benzene rings is 5. The fraction of sp³-hybridized carbons (Fsp3) is 0.255. The maximum absolute atomic E-state index is 14.2. The topological polar surface area (TPSA) is 33.8 Å². The van der Waals surface area contributed by atoms with E-state index in [1.165, 1.54) is 5.56 Å². The van der Waals surface area contributed by atoms with E-state index in [0.717, 1.165) is 0 Å². The first-order chi connectivity index (χ1) is 33.9. The molecule has 1 aromatic heterocycles. The Kier molecular flexibility index (Phi) is 16.1. The van der Waals surface area contributed by atoms with Crippen LogP contribution in [-0.2, 0) is 56.0 Å². The highest BCUT2D eigenvalue weighted by atomic mass is 19.4. The van der Waals surface area contributed by atoms with E-state index in [2.05, 4.69) is 17.1 Å². The number of carbonyl (C=O) groups is 1. The van der Waals surface area contributed by atoms with Gasteiger partial charge in [-0.2, -0.15) is 132 Å². The third-order valence-electron chi connectivity index (χ3n) is 11.3. The van der Waals surface area contributed by atoms with Gasteiger partial charge in [0.05, 0.1) is 50.7 Å². The normalized spacial score (nSPS) is 13.4. The van der Waals surface area contributed by atoms with Crippen molar-refractivity contribution in [2.45, 2.75) is 69.8 Å². The summed E-state index contributed by atoms with van der Waals surface area (Å²) in [5, 5.41) is 0. The minimum absolute atomic E-state index is 0.0174. The van der Waals surface area contributed by atoms with E-state index in [1.54, 1.807) is 12.4 Å². The lowest BCUT2D eigenvalue weighted by atomic mass is 9.12. The number of hydrogen-bond donors (Lipinski definition) is 0. The molecule has 0 N–H and O–H groups in total. The van der Waals surface area contributed by atoms with Gasteiger partial charge in [0.2, 0.25) is 5.78 Å². The molecule has 1 heterocycles. The van der Waals surface area contributed by atoms with Gasteiger partial charge < -0.3 is 0 Å². The van der Waals surface area contributed by atoms with Crippen molar-refractivity contribution < 1.29 is 115 Å². The van der Waals surface area contributed by atoms with Crippen LogP contribution < -0.4 is 26.4 Å². The quantitative estimate of drug-likeness (QED) is 0.0659. The molecule has 0 saturated heterocycles. The van der Waals surface area contributed by atoms with Gasteiger partial charge in [-0.1, -0.05) is 92.7 Å². The zero-order valence-corrected chi connectivity index (χ0v) is 37.3. The second-order valence-corrected chi connectivity index (χ2v) is 16.8. The van der Waals surface area contributed by atoms with E-state index in [-0.39, 0.29) is 11.7 Å².